The Bertz CT molecular complexity index is 383. The lowest BCUT2D eigenvalue weighted by Gasteiger charge is -2.34. The number of hydrogen-bond donors (Lipinski definition) is 1. The van der Waals surface area contributed by atoms with Crippen LogP contribution >= 0.6 is 0 Å². The number of aromatic nitrogens is 3. The lowest BCUT2D eigenvalue weighted by atomic mass is 9.83. The normalized spacial score (nSPS) is 18.2. The van der Waals surface area contributed by atoms with E-state index in [4.69, 9.17) is 9.47 Å². The van der Waals surface area contributed by atoms with Gasteiger partial charge >= 0.3 is 12.0 Å². The summed E-state index contributed by atoms with van der Waals surface area (Å²) in [7, 11) is 3.06. The lowest BCUT2D eigenvalue weighted by Crippen LogP contribution is -2.37. The van der Waals surface area contributed by atoms with E-state index in [-0.39, 0.29) is 17.6 Å². The van der Waals surface area contributed by atoms with Gasteiger partial charge in [-0.2, -0.15) is 9.97 Å². The van der Waals surface area contributed by atoms with Gasteiger partial charge in [-0.3, -0.25) is 0 Å². The maximum atomic E-state index is 5.04. The maximum absolute atomic E-state index is 5.04. The summed E-state index contributed by atoms with van der Waals surface area (Å²) in [5.41, 5.74) is 0.0512. The maximum Gasteiger partial charge on any atom is 0.324 e. The number of methoxy groups -OCH3 is 2. The molecule has 2 rings (SSSR count). The molecule has 0 aliphatic heterocycles. The molecule has 0 bridgehead atoms. The quantitative estimate of drug-likeness (QED) is 0.884. The van der Waals surface area contributed by atoms with Gasteiger partial charge in [-0.15, -0.1) is 4.98 Å². The van der Waals surface area contributed by atoms with Crippen LogP contribution < -0.4 is 14.8 Å². The number of nitrogens with one attached hydrogen (secondary N) is 1. The molecule has 1 heterocycles. The van der Waals surface area contributed by atoms with E-state index in [9.17, 15) is 0 Å². The van der Waals surface area contributed by atoms with Gasteiger partial charge in [0, 0.05) is 5.54 Å². The van der Waals surface area contributed by atoms with E-state index in [0.29, 0.717) is 5.95 Å². The number of rotatable bonds is 4. The molecule has 6 nitrogen and oxygen atoms in total. The first-order valence-corrected chi connectivity index (χ1v) is 6.27. The van der Waals surface area contributed by atoms with Crippen molar-refractivity contribution in [2.75, 3.05) is 19.5 Å². The molecule has 1 aromatic heterocycles. The minimum absolute atomic E-state index is 0.0512. The van der Waals surface area contributed by atoms with Crippen molar-refractivity contribution in [1.82, 2.24) is 15.0 Å². The van der Waals surface area contributed by atoms with Crippen LogP contribution in [0.4, 0.5) is 5.95 Å². The fourth-order valence-corrected chi connectivity index (χ4v) is 2.30. The fourth-order valence-electron chi connectivity index (χ4n) is 2.30. The Morgan fingerprint density at radius 3 is 2.00 bits per heavy atom. The van der Waals surface area contributed by atoms with Crippen LogP contribution in [-0.2, 0) is 0 Å². The van der Waals surface area contributed by atoms with Crippen molar-refractivity contribution >= 4 is 5.95 Å². The topological polar surface area (TPSA) is 69.2 Å². The highest BCUT2D eigenvalue weighted by Crippen LogP contribution is 2.30. The van der Waals surface area contributed by atoms with Crippen molar-refractivity contribution in [2.24, 2.45) is 0 Å². The number of ether oxygens (including phenoxy) is 2. The van der Waals surface area contributed by atoms with Crippen LogP contribution in [0, 0.1) is 0 Å². The van der Waals surface area contributed by atoms with E-state index >= 15 is 0 Å². The molecule has 0 spiro atoms. The first kappa shape index (κ1) is 12.9. The Labute approximate surface area is 107 Å². The van der Waals surface area contributed by atoms with Crippen molar-refractivity contribution in [3.63, 3.8) is 0 Å². The van der Waals surface area contributed by atoms with Crippen LogP contribution in [0.25, 0.3) is 0 Å². The predicted octanol–water partition coefficient (Wildman–Crippen LogP) is 2.02. The SMILES string of the molecule is COc1nc(NC2(C)CCCCC2)nc(OC)n1. The van der Waals surface area contributed by atoms with Gasteiger partial charge in [0.25, 0.3) is 0 Å². The van der Waals surface area contributed by atoms with Crippen molar-refractivity contribution in [1.29, 1.82) is 0 Å². The van der Waals surface area contributed by atoms with Crippen molar-refractivity contribution < 1.29 is 9.47 Å². The zero-order chi connectivity index (χ0) is 13.0. The second-order valence-corrected chi connectivity index (χ2v) is 4.88. The zero-order valence-electron chi connectivity index (χ0n) is 11.2. The summed E-state index contributed by atoms with van der Waals surface area (Å²) in [6, 6.07) is 0.535. The van der Waals surface area contributed by atoms with Gasteiger partial charge in [0.2, 0.25) is 5.95 Å². The standard InChI is InChI=1S/C12H20N4O2/c1-12(7-5-4-6-8-12)16-9-13-10(17-2)15-11(14-9)18-3/h4-8H2,1-3H3,(H,13,14,15,16). The summed E-state index contributed by atoms with van der Waals surface area (Å²) >= 11 is 0. The molecule has 0 aromatic carbocycles. The summed E-state index contributed by atoms with van der Waals surface area (Å²) in [4.78, 5) is 12.4. The van der Waals surface area contributed by atoms with Gasteiger partial charge in [0.05, 0.1) is 14.2 Å². The fraction of sp³-hybridized carbons (Fsp3) is 0.750. The Hall–Kier alpha value is -1.59. The van der Waals surface area contributed by atoms with E-state index in [1.807, 2.05) is 0 Å². The van der Waals surface area contributed by atoms with Gasteiger partial charge in [-0.1, -0.05) is 19.3 Å². The van der Waals surface area contributed by atoms with E-state index in [1.165, 1.54) is 33.5 Å². The molecule has 0 saturated heterocycles. The third-order valence-corrected chi connectivity index (χ3v) is 3.33. The Morgan fingerprint density at radius 2 is 1.50 bits per heavy atom. The second-order valence-electron chi connectivity index (χ2n) is 4.88. The first-order valence-electron chi connectivity index (χ1n) is 6.27. The predicted molar refractivity (Wildman–Crippen MR) is 68.0 cm³/mol. The number of nitrogens with zero attached hydrogens (tertiary/aromatic N) is 3. The highest BCUT2D eigenvalue weighted by atomic mass is 16.5. The molecule has 1 N–H and O–H groups in total. The zero-order valence-corrected chi connectivity index (χ0v) is 11.2. The molecule has 0 unspecified atom stereocenters. The Morgan fingerprint density at radius 1 is 0.944 bits per heavy atom. The molecular formula is C12H20N4O2. The van der Waals surface area contributed by atoms with Crippen LogP contribution in [0.1, 0.15) is 39.0 Å². The molecule has 1 fully saturated rings. The van der Waals surface area contributed by atoms with Crippen LogP contribution in [0.5, 0.6) is 12.0 Å². The lowest BCUT2D eigenvalue weighted by molar-refractivity contribution is 0.331. The molecule has 18 heavy (non-hydrogen) atoms. The van der Waals surface area contributed by atoms with Crippen LogP contribution in [0.3, 0.4) is 0 Å². The molecule has 0 atom stereocenters. The highest BCUT2D eigenvalue weighted by Gasteiger charge is 2.27. The average Bonchev–Trinajstić information content (AvgIpc) is 2.38. The van der Waals surface area contributed by atoms with Gasteiger partial charge in [-0.25, -0.2) is 0 Å². The highest BCUT2D eigenvalue weighted by molar-refractivity contribution is 5.31. The summed E-state index contributed by atoms with van der Waals surface area (Å²) in [5.74, 6) is 0.517. The summed E-state index contributed by atoms with van der Waals surface area (Å²) in [6.45, 7) is 2.20. The summed E-state index contributed by atoms with van der Waals surface area (Å²) < 4.78 is 10.1. The first-order chi connectivity index (χ1) is 8.65. The minimum atomic E-state index is 0.0512. The van der Waals surface area contributed by atoms with Gasteiger partial charge in [-0.05, 0) is 19.8 Å². The van der Waals surface area contributed by atoms with Gasteiger partial charge in [0.1, 0.15) is 0 Å². The van der Waals surface area contributed by atoms with E-state index in [2.05, 4.69) is 27.2 Å². The molecule has 1 aromatic rings. The average molecular weight is 252 g/mol. The second kappa shape index (κ2) is 5.37. The Balaban J connectivity index is 2.16. The third-order valence-electron chi connectivity index (χ3n) is 3.33. The van der Waals surface area contributed by atoms with Crippen molar-refractivity contribution in [2.45, 2.75) is 44.6 Å². The van der Waals surface area contributed by atoms with Gasteiger partial charge < -0.3 is 14.8 Å². The van der Waals surface area contributed by atoms with Crippen LogP contribution in [-0.4, -0.2) is 34.7 Å². The molecule has 0 radical (unpaired) electrons. The number of hydrogen-bond acceptors (Lipinski definition) is 6. The molecule has 100 valence electrons. The largest absolute Gasteiger partial charge is 0.467 e. The van der Waals surface area contributed by atoms with Crippen LogP contribution in [0.2, 0.25) is 0 Å². The molecule has 1 saturated carbocycles. The van der Waals surface area contributed by atoms with Gasteiger partial charge in [0.15, 0.2) is 0 Å². The molecule has 0 amide bonds. The summed E-state index contributed by atoms with van der Waals surface area (Å²) in [5, 5.41) is 3.38. The monoisotopic (exact) mass is 252 g/mol. The van der Waals surface area contributed by atoms with Crippen molar-refractivity contribution in [3.8, 4) is 12.0 Å². The smallest absolute Gasteiger partial charge is 0.324 e. The van der Waals surface area contributed by atoms with Crippen LogP contribution in [0.15, 0.2) is 0 Å². The van der Waals surface area contributed by atoms with Crippen molar-refractivity contribution in [3.05, 3.63) is 0 Å². The summed E-state index contributed by atoms with van der Waals surface area (Å²) in [6.07, 6.45) is 6.04. The molecular weight excluding hydrogens is 232 g/mol. The molecule has 1 aliphatic carbocycles. The van der Waals surface area contributed by atoms with E-state index in [0.717, 1.165) is 12.8 Å². The molecule has 6 heteroatoms. The van der Waals surface area contributed by atoms with E-state index in [1.54, 1.807) is 0 Å². The Kier molecular flexibility index (Phi) is 3.84. The van der Waals surface area contributed by atoms with E-state index < -0.39 is 0 Å². The minimum Gasteiger partial charge on any atom is -0.467 e. The number of anilines is 1. The third kappa shape index (κ3) is 3.00. The molecule has 1 aliphatic rings.